The number of rotatable bonds is 3. The van der Waals surface area contributed by atoms with Crippen molar-refractivity contribution in [2.45, 2.75) is 34.3 Å². The number of alkyl halides is 1. The molecule has 0 saturated heterocycles. The van der Waals surface area contributed by atoms with Gasteiger partial charge in [0.05, 0.1) is 5.16 Å². The smallest absolute Gasteiger partial charge is 0.150 e. The molecule has 0 amide bonds. The van der Waals surface area contributed by atoms with Crippen molar-refractivity contribution in [3.63, 3.8) is 0 Å². The molecule has 8 rings (SSSR count). The van der Waals surface area contributed by atoms with Crippen LogP contribution in [0.2, 0.25) is 0 Å². The van der Waals surface area contributed by atoms with E-state index in [1.54, 1.807) is 0 Å². The predicted molar refractivity (Wildman–Crippen MR) is 119 cm³/mol. The average molecular weight is 486 g/mol. The van der Waals surface area contributed by atoms with Crippen LogP contribution in [0, 0.1) is 35.5 Å². The lowest BCUT2D eigenvalue weighted by molar-refractivity contribution is 0.213. The third kappa shape index (κ3) is 1.41. The molecule has 6 saturated carbocycles. The molecule has 6 fully saturated rings. The van der Waals surface area contributed by atoms with Crippen molar-refractivity contribution in [2.24, 2.45) is 35.5 Å². The zero-order chi connectivity index (χ0) is 18.0. The standard InChI is InChI=1S/C24H24IOP/c25-23-17-11-13-19-21(17)22-18(23)12-14-20(22)24(19,23)27(26,15-7-3-1-4-8-15)16-9-5-2-6-10-16/h1-10,17-22H,11-14H2/t17-,18+,19+,20-,21-,22-,23?,24?/m1/s1. The molecule has 0 radical (unpaired) electrons. The molecule has 3 heteroatoms. The summed E-state index contributed by atoms with van der Waals surface area (Å²) < 4.78 is 15.9. The Morgan fingerprint density at radius 1 is 0.704 bits per heavy atom. The normalized spacial score (nSPS) is 48.0. The Hall–Kier alpha value is -0.600. The SMILES string of the molecule is O=P(c1ccccc1)(c1ccccc1)C12[C@@H]3CC[C@H]4[C@H]3[C@@H]3[C@@H](CC[C@@H]31)C42I. The van der Waals surface area contributed by atoms with Crippen molar-refractivity contribution in [1.82, 2.24) is 0 Å². The number of hydrogen-bond donors (Lipinski definition) is 0. The van der Waals surface area contributed by atoms with Gasteiger partial charge in [-0.1, -0.05) is 83.3 Å². The zero-order valence-corrected chi connectivity index (χ0v) is 18.4. The van der Waals surface area contributed by atoms with Crippen LogP contribution in [0.1, 0.15) is 25.7 Å². The van der Waals surface area contributed by atoms with Gasteiger partial charge in [0.25, 0.3) is 0 Å². The summed E-state index contributed by atoms with van der Waals surface area (Å²) in [5.41, 5.74) is 0. The summed E-state index contributed by atoms with van der Waals surface area (Å²) in [5, 5.41) is 2.26. The molecule has 27 heavy (non-hydrogen) atoms. The van der Waals surface area contributed by atoms with E-state index in [2.05, 4.69) is 83.3 Å². The second-order valence-corrected chi connectivity index (χ2v) is 14.4. The van der Waals surface area contributed by atoms with Crippen molar-refractivity contribution < 1.29 is 4.57 Å². The molecular weight excluding hydrogens is 462 g/mol. The van der Waals surface area contributed by atoms with Crippen LogP contribution >= 0.6 is 29.7 Å². The molecule has 0 spiro atoms. The Labute approximate surface area is 174 Å². The van der Waals surface area contributed by atoms with Gasteiger partial charge in [0.15, 0.2) is 7.14 Å². The van der Waals surface area contributed by atoms with Crippen molar-refractivity contribution >= 4 is 40.3 Å². The third-order valence-corrected chi connectivity index (χ3v) is 16.5. The van der Waals surface area contributed by atoms with Gasteiger partial charge in [-0.05, 0) is 61.2 Å². The van der Waals surface area contributed by atoms with Gasteiger partial charge in [-0.25, -0.2) is 0 Å². The Bertz CT molecular complexity index is 916. The van der Waals surface area contributed by atoms with Crippen LogP contribution < -0.4 is 10.6 Å². The van der Waals surface area contributed by atoms with Crippen molar-refractivity contribution in [3.8, 4) is 0 Å². The van der Waals surface area contributed by atoms with Gasteiger partial charge >= 0.3 is 0 Å². The fraction of sp³-hybridized carbons (Fsp3) is 0.500. The van der Waals surface area contributed by atoms with E-state index in [9.17, 15) is 0 Å². The molecule has 0 heterocycles. The van der Waals surface area contributed by atoms with Crippen LogP contribution in [0.5, 0.6) is 0 Å². The fourth-order valence-electron chi connectivity index (χ4n) is 9.40. The lowest BCUT2D eigenvalue weighted by atomic mass is 9.70. The summed E-state index contributed by atoms with van der Waals surface area (Å²) >= 11 is 2.88. The maximum absolute atomic E-state index is 15.6. The van der Waals surface area contributed by atoms with Gasteiger partial charge in [-0.2, -0.15) is 0 Å². The largest absolute Gasteiger partial charge is 0.313 e. The van der Waals surface area contributed by atoms with E-state index in [1.807, 2.05) is 0 Å². The Kier molecular flexibility index (Phi) is 2.96. The predicted octanol–water partition coefficient (Wildman–Crippen LogP) is 5.24. The van der Waals surface area contributed by atoms with E-state index in [-0.39, 0.29) is 8.58 Å². The van der Waals surface area contributed by atoms with Crippen molar-refractivity contribution in [3.05, 3.63) is 60.7 Å². The molecule has 8 bridgehead atoms. The summed E-state index contributed by atoms with van der Waals surface area (Å²) in [6.07, 6.45) is 5.43. The lowest BCUT2D eigenvalue weighted by Crippen LogP contribution is -2.60. The van der Waals surface area contributed by atoms with Gasteiger partial charge in [0.2, 0.25) is 0 Å². The van der Waals surface area contributed by atoms with Gasteiger partial charge in [-0.3, -0.25) is 0 Å². The Morgan fingerprint density at radius 3 is 1.56 bits per heavy atom. The second-order valence-electron chi connectivity index (χ2n) is 9.61. The summed E-state index contributed by atoms with van der Waals surface area (Å²) in [5.74, 6) is 4.79. The van der Waals surface area contributed by atoms with Gasteiger partial charge in [0.1, 0.15) is 0 Å². The number of halogens is 1. The first-order valence-electron chi connectivity index (χ1n) is 10.6. The lowest BCUT2D eigenvalue weighted by Gasteiger charge is -2.56. The number of hydrogen-bond acceptors (Lipinski definition) is 1. The van der Waals surface area contributed by atoms with Crippen LogP contribution in [0.15, 0.2) is 60.7 Å². The van der Waals surface area contributed by atoms with E-state index in [1.165, 1.54) is 25.7 Å². The Balaban J connectivity index is 1.59. The summed E-state index contributed by atoms with van der Waals surface area (Å²) in [7, 11) is -2.73. The van der Waals surface area contributed by atoms with Gasteiger partial charge in [0, 0.05) is 14.0 Å². The average Bonchev–Trinajstić information content (AvgIpc) is 3.49. The minimum absolute atomic E-state index is 0.0183. The highest BCUT2D eigenvalue weighted by atomic mass is 127. The molecule has 6 aliphatic rings. The van der Waals surface area contributed by atoms with Gasteiger partial charge in [-0.15, -0.1) is 0 Å². The molecule has 0 aromatic heterocycles. The zero-order valence-electron chi connectivity index (χ0n) is 15.3. The molecule has 2 aromatic carbocycles. The second kappa shape index (κ2) is 4.93. The molecule has 8 atom stereocenters. The quantitative estimate of drug-likeness (QED) is 0.330. The first-order chi connectivity index (χ1) is 13.2. The minimum atomic E-state index is -2.73. The topological polar surface area (TPSA) is 17.1 Å². The molecule has 2 aromatic rings. The number of benzene rings is 2. The molecule has 2 unspecified atom stereocenters. The van der Waals surface area contributed by atoms with Crippen LogP contribution in [-0.4, -0.2) is 8.58 Å². The molecule has 1 nitrogen and oxygen atoms in total. The van der Waals surface area contributed by atoms with E-state index >= 15 is 4.57 Å². The van der Waals surface area contributed by atoms with Crippen LogP contribution in [-0.2, 0) is 4.57 Å². The van der Waals surface area contributed by atoms with Crippen LogP contribution in [0.25, 0.3) is 0 Å². The summed E-state index contributed by atoms with van der Waals surface area (Å²) in [4.78, 5) is 0. The molecular formula is C24H24IOP. The van der Waals surface area contributed by atoms with E-state index < -0.39 is 7.14 Å². The van der Waals surface area contributed by atoms with Crippen LogP contribution in [0.3, 0.4) is 0 Å². The monoisotopic (exact) mass is 486 g/mol. The summed E-state index contributed by atoms with van der Waals surface area (Å²) in [6.45, 7) is 0. The minimum Gasteiger partial charge on any atom is -0.313 e. The molecule has 6 aliphatic carbocycles. The maximum atomic E-state index is 15.6. The molecule has 138 valence electrons. The fourth-order valence-corrected chi connectivity index (χ4v) is 17.4. The van der Waals surface area contributed by atoms with E-state index in [0.717, 1.165) is 34.3 Å². The van der Waals surface area contributed by atoms with Crippen molar-refractivity contribution in [1.29, 1.82) is 0 Å². The maximum Gasteiger partial charge on any atom is 0.150 e. The third-order valence-electron chi connectivity index (χ3n) is 9.46. The summed E-state index contributed by atoms with van der Waals surface area (Å²) in [6, 6.07) is 21.2. The Morgan fingerprint density at radius 2 is 1.11 bits per heavy atom. The highest BCUT2D eigenvalue weighted by Gasteiger charge is 2.93. The first-order valence-corrected chi connectivity index (χ1v) is 13.4. The van der Waals surface area contributed by atoms with Crippen LogP contribution in [0.4, 0.5) is 0 Å². The van der Waals surface area contributed by atoms with Crippen molar-refractivity contribution in [2.75, 3.05) is 0 Å². The molecule has 0 N–H and O–H groups in total. The van der Waals surface area contributed by atoms with E-state index in [4.69, 9.17) is 0 Å². The highest BCUT2D eigenvalue weighted by Crippen LogP contribution is 2.95. The van der Waals surface area contributed by atoms with Gasteiger partial charge < -0.3 is 4.57 Å². The van der Waals surface area contributed by atoms with E-state index in [0.29, 0.717) is 11.8 Å². The highest BCUT2D eigenvalue weighted by molar-refractivity contribution is 14.1. The first kappa shape index (κ1) is 16.2. The molecule has 0 aliphatic heterocycles.